The molecule has 1 saturated carbocycles. The number of carbonyl (C=O) groups is 2. The molecule has 7 nitrogen and oxygen atoms in total. The van der Waals surface area contributed by atoms with E-state index >= 15 is 0 Å². The summed E-state index contributed by atoms with van der Waals surface area (Å²) in [6.45, 7) is 1.89. The van der Waals surface area contributed by atoms with Crippen molar-refractivity contribution in [1.82, 2.24) is 10.8 Å². The van der Waals surface area contributed by atoms with Crippen molar-refractivity contribution in [2.75, 3.05) is 0 Å². The van der Waals surface area contributed by atoms with E-state index in [1.165, 1.54) is 5.48 Å². The molecule has 1 aliphatic rings. The molecule has 0 aromatic heterocycles. The molecule has 1 radical (unpaired) electrons. The van der Waals surface area contributed by atoms with Gasteiger partial charge in [0.25, 0.3) is 5.91 Å². The molecule has 1 fully saturated rings. The summed E-state index contributed by atoms with van der Waals surface area (Å²) in [5.74, 6) is -1.95. The van der Waals surface area contributed by atoms with Crippen LogP contribution < -0.4 is 10.8 Å². The summed E-state index contributed by atoms with van der Waals surface area (Å²) >= 11 is 0. The average Bonchev–Trinajstić information content (AvgIpc) is 2.52. The molecule has 0 saturated heterocycles. The Morgan fingerprint density at radius 3 is 2.30 bits per heavy atom. The molecule has 2 amide bonds. The fourth-order valence-electron chi connectivity index (χ4n) is 2.68. The van der Waals surface area contributed by atoms with Gasteiger partial charge < -0.3 is 15.5 Å². The van der Waals surface area contributed by atoms with Crippen LogP contribution in [0.1, 0.15) is 28.8 Å². The Kier molecular flexibility index (Phi) is 7.76. The number of nitrogens with one attached hydrogen (secondary N) is 2. The zero-order valence-corrected chi connectivity index (χ0v) is 15.6. The van der Waals surface area contributed by atoms with Crippen molar-refractivity contribution in [2.45, 2.75) is 38.0 Å². The van der Waals surface area contributed by atoms with Crippen molar-refractivity contribution < 1.29 is 57.7 Å². The molecule has 0 bridgehead atoms. The van der Waals surface area contributed by atoms with Gasteiger partial charge in [-0.15, -0.1) is 0 Å². The van der Waals surface area contributed by atoms with Crippen molar-refractivity contribution in [3.05, 3.63) is 35.4 Å². The second-order valence-corrected chi connectivity index (χ2v) is 5.58. The summed E-state index contributed by atoms with van der Waals surface area (Å²) in [7, 11) is 0. The van der Waals surface area contributed by atoms with Crippen molar-refractivity contribution in [2.24, 2.45) is 5.92 Å². The molecule has 8 heteroatoms. The minimum atomic E-state index is -1.27. The number of hydrogen-bond acceptors (Lipinski definition) is 5. The minimum absolute atomic E-state index is 0. The van der Waals surface area contributed by atoms with E-state index in [9.17, 15) is 19.8 Å². The van der Waals surface area contributed by atoms with E-state index in [4.69, 9.17) is 5.21 Å². The predicted molar refractivity (Wildman–Crippen MR) is 77.1 cm³/mol. The fourth-order valence-corrected chi connectivity index (χ4v) is 2.68. The quantitative estimate of drug-likeness (QED) is 0.356. The molecule has 0 heterocycles. The summed E-state index contributed by atoms with van der Waals surface area (Å²) in [5, 5.41) is 31.2. The number of carbonyl (C=O) groups excluding carboxylic acids is 2. The number of hydroxylamine groups is 1. The SMILES string of the molecule is Cc1ccc(C(=O)N[C@@H]2[C@H](O)[C@H](O)CC[C@@H]2C(=O)NO)cc1.[Y]. The van der Waals surface area contributed by atoms with E-state index in [0.717, 1.165) is 5.56 Å². The first-order valence-corrected chi connectivity index (χ1v) is 7.11. The molecule has 4 atom stereocenters. The third-order valence-electron chi connectivity index (χ3n) is 4.03. The summed E-state index contributed by atoms with van der Waals surface area (Å²) < 4.78 is 0. The van der Waals surface area contributed by atoms with Crippen LogP contribution in [0.5, 0.6) is 0 Å². The van der Waals surface area contributed by atoms with Crippen LogP contribution in [0.2, 0.25) is 0 Å². The topological polar surface area (TPSA) is 119 Å². The molecule has 123 valence electrons. The standard InChI is InChI=1S/C15H20N2O5.Y/c1-8-2-4-9(5-3-8)14(20)16-12-10(15(21)17-22)6-7-11(18)13(12)19;/h2-5,10-13,18-19,22H,6-7H2,1H3,(H,16,20)(H,17,21);/t10-,11+,12-,13+;/m0./s1. The first-order chi connectivity index (χ1) is 10.4. The smallest absolute Gasteiger partial charge is 0.251 e. The maximum atomic E-state index is 12.2. The Morgan fingerprint density at radius 1 is 1.13 bits per heavy atom. The van der Waals surface area contributed by atoms with Crippen LogP contribution in [0.3, 0.4) is 0 Å². The Bertz CT molecular complexity index is 551. The van der Waals surface area contributed by atoms with E-state index < -0.39 is 36.0 Å². The van der Waals surface area contributed by atoms with Gasteiger partial charge in [0.15, 0.2) is 0 Å². The maximum Gasteiger partial charge on any atom is 0.251 e. The van der Waals surface area contributed by atoms with Crippen LogP contribution in [-0.2, 0) is 37.5 Å². The maximum absolute atomic E-state index is 12.2. The number of aliphatic hydroxyl groups is 2. The molecule has 1 aliphatic carbocycles. The van der Waals surface area contributed by atoms with E-state index in [0.29, 0.717) is 5.56 Å². The van der Waals surface area contributed by atoms with Crippen LogP contribution in [0.25, 0.3) is 0 Å². The molecule has 5 N–H and O–H groups in total. The monoisotopic (exact) mass is 397 g/mol. The van der Waals surface area contributed by atoms with Crippen LogP contribution >= 0.6 is 0 Å². The summed E-state index contributed by atoms with van der Waals surface area (Å²) in [5.41, 5.74) is 2.93. The Morgan fingerprint density at radius 2 is 1.74 bits per heavy atom. The number of rotatable bonds is 3. The normalized spacial score (nSPS) is 26.8. The molecule has 23 heavy (non-hydrogen) atoms. The first kappa shape index (κ1) is 20.2. The van der Waals surface area contributed by atoms with Gasteiger partial charge in [0.2, 0.25) is 5.91 Å². The predicted octanol–water partition coefficient (Wildman–Crippen LogP) is -0.272. The molecular weight excluding hydrogens is 377 g/mol. The summed E-state index contributed by atoms with van der Waals surface area (Å²) in [6.07, 6.45) is -1.82. The largest absolute Gasteiger partial charge is 0.390 e. The van der Waals surface area contributed by atoms with Crippen LogP contribution in [0.15, 0.2) is 24.3 Å². The molecule has 0 spiro atoms. The number of hydrogen-bond donors (Lipinski definition) is 5. The van der Waals surface area contributed by atoms with Crippen molar-refractivity contribution in [3.63, 3.8) is 0 Å². The molecule has 1 aromatic carbocycles. The van der Waals surface area contributed by atoms with E-state index in [-0.39, 0.29) is 45.6 Å². The Hall–Kier alpha value is -0.856. The van der Waals surface area contributed by atoms with Crippen LogP contribution in [0, 0.1) is 12.8 Å². The van der Waals surface area contributed by atoms with Crippen molar-refractivity contribution >= 4 is 11.8 Å². The number of amides is 2. The van der Waals surface area contributed by atoms with Crippen LogP contribution in [0.4, 0.5) is 0 Å². The van der Waals surface area contributed by atoms with Gasteiger partial charge in [0, 0.05) is 38.3 Å². The fraction of sp³-hybridized carbons (Fsp3) is 0.467. The summed E-state index contributed by atoms with van der Waals surface area (Å²) in [4.78, 5) is 23.9. The van der Waals surface area contributed by atoms with Gasteiger partial charge in [-0.1, -0.05) is 17.7 Å². The van der Waals surface area contributed by atoms with E-state index in [1.54, 1.807) is 24.3 Å². The molecule has 0 aliphatic heterocycles. The number of benzene rings is 1. The average molecular weight is 397 g/mol. The van der Waals surface area contributed by atoms with Crippen molar-refractivity contribution in [1.29, 1.82) is 0 Å². The van der Waals surface area contributed by atoms with Gasteiger partial charge in [0.1, 0.15) is 6.10 Å². The zero-order chi connectivity index (χ0) is 16.3. The van der Waals surface area contributed by atoms with Crippen molar-refractivity contribution in [3.8, 4) is 0 Å². The van der Waals surface area contributed by atoms with E-state index in [2.05, 4.69) is 5.32 Å². The van der Waals surface area contributed by atoms with Crippen LogP contribution in [-0.4, -0.2) is 45.5 Å². The van der Waals surface area contributed by atoms with E-state index in [1.807, 2.05) is 6.92 Å². The second-order valence-electron chi connectivity index (χ2n) is 5.58. The first-order valence-electron chi connectivity index (χ1n) is 7.11. The van der Waals surface area contributed by atoms with Gasteiger partial charge in [-0.25, -0.2) is 5.48 Å². The third kappa shape index (κ3) is 4.81. The van der Waals surface area contributed by atoms with Gasteiger partial charge in [-0.2, -0.15) is 0 Å². The molecular formula is C15H20N2O5Y. The molecule has 2 rings (SSSR count). The number of aliphatic hydroxyl groups excluding tert-OH is 2. The third-order valence-corrected chi connectivity index (χ3v) is 4.03. The number of aryl methyl sites for hydroxylation is 1. The van der Waals surface area contributed by atoms with Gasteiger partial charge in [-0.3, -0.25) is 14.8 Å². The van der Waals surface area contributed by atoms with Gasteiger partial charge >= 0.3 is 0 Å². The van der Waals surface area contributed by atoms with Gasteiger partial charge in [-0.05, 0) is 31.9 Å². The summed E-state index contributed by atoms with van der Waals surface area (Å²) in [6, 6.07) is 5.86. The minimum Gasteiger partial charge on any atom is -0.390 e. The zero-order valence-electron chi connectivity index (χ0n) is 12.8. The van der Waals surface area contributed by atoms with Gasteiger partial charge in [0.05, 0.1) is 18.1 Å². The molecule has 1 aromatic rings. The second kappa shape index (κ2) is 8.85. The Balaban J connectivity index is 0.00000264. The molecule has 0 unspecified atom stereocenters. The Labute approximate surface area is 159 Å².